The molecule has 142 valence electrons. The highest BCUT2D eigenvalue weighted by Crippen LogP contribution is 2.32. The summed E-state index contributed by atoms with van der Waals surface area (Å²) < 4.78 is 24.8. The molecule has 0 heterocycles. The van der Waals surface area contributed by atoms with E-state index in [2.05, 4.69) is 73.6 Å². The molecule has 0 saturated heterocycles. The average molecular weight is 618 g/mol. The maximum absolute atomic E-state index is 13.3. The van der Waals surface area contributed by atoms with Crippen LogP contribution in [-0.4, -0.2) is 12.7 Å². The van der Waals surface area contributed by atoms with Crippen LogP contribution in [0.15, 0.2) is 54.6 Å². The van der Waals surface area contributed by atoms with E-state index in [-0.39, 0.29) is 17.8 Å². The summed E-state index contributed by atoms with van der Waals surface area (Å²) in [4.78, 5) is 0. The summed E-state index contributed by atoms with van der Waals surface area (Å²) in [5, 5.41) is 0. The van der Waals surface area contributed by atoms with E-state index in [1.54, 1.807) is 0 Å². The zero-order valence-electron chi connectivity index (χ0n) is 14.3. The van der Waals surface area contributed by atoms with Gasteiger partial charge in [0.05, 0.1) is 31.1 Å². The van der Waals surface area contributed by atoms with Gasteiger partial charge in [-0.1, -0.05) is 42.5 Å². The fourth-order valence-corrected chi connectivity index (χ4v) is 5.01. The lowest BCUT2D eigenvalue weighted by atomic mass is 9.80. The molecule has 0 aliphatic heterocycles. The van der Waals surface area contributed by atoms with Crippen molar-refractivity contribution in [3.8, 4) is 0 Å². The minimum atomic E-state index is -0.206. The van der Waals surface area contributed by atoms with Gasteiger partial charge in [-0.15, -0.1) is 0 Å². The minimum Gasteiger partial charge on any atom is -0.305 e. The van der Waals surface area contributed by atoms with Gasteiger partial charge < -0.3 is 8.37 Å². The molecule has 0 amide bonds. The van der Waals surface area contributed by atoms with Crippen molar-refractivity contribution in [3.63, 3.8) is 0 Å². The molecular weight excluding hydrogens is 597 g/mol. The highest BCUT2D eigenvalue weighted by Gasteiger charge is 2.29. The normalized spacial score (nSPS) is 14.8. The van der Waals surface area contributed by atoms with E-state index >= 15 is 0 Å². The van der Waals surface area contributed by atoms with Crippen molar-refractivity contribution in [2.75, 3.05) is 6.61 Å². The van der Waals surface area contributed by atoms with Gasteiger partial charge >= 0.3 is 0 Å². The summed E-state index contributed by atoms with van der Waals surface area (Å²) in [6, 6.07) is 17.2. The highest BCUT2D eigenvalue weighted by atomic mass is 127. The van der Waals surface area contributed by atoms with Crippen molar-refractivity contribution in [1.29, 1.82) is 0 Å². The molecule has 0 aliphatic carbocycles. The van der Waals surface area contributed by atoms with Gasteiger partial charge in [0, 0.05) is 42.4 Å². The van der Waals surface area contributed by atoms with E-state index in [4.69, 9.17) is 8.37 Å². The quantitative estimate of drug-likeness (QED) is 0.195. The number of hydrogen-bond donors (Lipinski definition) is 0. The Morgan fingerprint density at radius 2 is 1.58 bits per heavy atom. The maximum Gasteiger partial charge on any atom is 0.123 e. The first-order chi connectivity index (χ1) is 12.6. The van der Waals surface area contributed by atoms with E-state index in [9.17, 15) is 4.39 Å². The molecule has 0 unspecified atom stereocenters. The van der Waals surface area contributed by atoms with Gasteiger partial charge in [-0.05, 0) is 54.9 Å². The van der Waals surface area contributed by atoms with Crippen LogP contribution < -0.4 is 0 Å². The Hall–Kier alpha value is 0.450. The number of rotatable bonds is 11. The summed E-state index contributed by atoms with van der Waals surface area (Å²) in [7, 11) is 2.73. The van der Waals surface area contributed by atoms with Crippen molar-refractivity contribution in [1.82, 2.24) is 0 Å². The van der Waals surface area contributed by atoms with Crippen LogP contribution >= 0.6 is 60.8 Å². The predicted molar refractivity (Wildman–Crippen MR) is 127 cm³/mol. The van der Waals surface area contributed by atoms with E-state index < -0.39 is 0 Å². The summed E-state index contributed by atoms with van der Waals surface area (Å²) in [5.74, 6) is 0.345. The van der Waals surface area contributed by atoms with Crippen LogP contribution in [0.1, 0.15) is 18.1 Å². The molecule has 0 radical (unpaired) electrons. The third-order valence-electron chi connectivity index (χ3n) is 4.45. The molecule has 26 heavy (non-hydrogen) atoms. The van der Waals surface area contributed by atoms with Gasteiger partial charge in [-0.2, -0.15) is 0 Å². The third-order valence-corrected chi connectivity index (χ3v) is 6.44. The molecule has 0 aromatic heterocycles. The summed E-state index contributed by atoms with van der Waals surface area (Å²) in [5.41, 5.74) is 2.41. The lowest BCUT2D eigenvalue weighted by Gasteiger charge is -2.31. The Morgan fingerprint density at radius 3 is 2.19 bits per heavy atom. The Labute approximate surface area is 188 Å². The largest absolute Gasteiger partial charge is 0.305 e. The molecule has 2 nitrogen and oxygen atoms in total. The summed E-state index contributed by atoms with van der Waals surface area (Å²) in [6.07, 6.45) is 1.80. The predicted octanol–water partition coefficient (Wildman–Crippen LogP) is 7.26. The summed E-state index contributed by atoms with van der Waals surface area (Å²) in [6.45, 7) is 2.75. The fourth-order valence-electron chi connectivity index (χ4n) is 3.10. The molecule has 0 fully saturated rings. The first-order valence-corrected chi connectivity index (χ1v) is 14.8. The van der Waals surface area contributed by atoms with E-state index in [0.29, 0.717) is 12.5 Å². The monoisotopic (exact) mass is 618 g/mol. The Morgan fingerprint density at radius 1 is 0.923 bits per heavy atom. The molecule has 3 atom stereocenters. The molecular formula is C19H21FI2O2S2. The van der Waals surface area contributed by atoms with Crippen LogP contribution in [0.5, 0.6) is 0 Å². The van der Waals surface area contributed by atoms with Crippen LogP contribution in [0.3, 0.4) is 0 Å². The molecule has 0 spiro atoms. The number of halogens is 3. The van der Waals surface area contributed by atoms with Gasteiger partial charge in [0.15, 0.2) is 0 Å². The van der Waals surface area contributed by atoms with Gasteiger partial charge in [-0.3, -0.25) is 0 Å². The number of benzene rings is 2. The molecule has 7 heteroatoms. The topological polar surface area (TPSA) is 18.5 Å². The smallest absolute Gasteiger partial charge is 0.123 e. The summed E-state index contributed by atoms with van der Waals surface area (Å²) >= 11 is 4.31. The standard InChI is InChI=1S/C19H21FI2O2S2/c1-14(24-26-22)19(12-16-7-9-18(20)10-8-16)17(13-23-25-21)11-15-5-3-2-4-6-15/h2-10,14,17,19H,11-13H2,1H3/t14-,17+,19+/m0/s1. The molecule has 0 saturated carbocycles. The first kappa shape index (κ1) is 22.7. The molecule has 0 aliphatic rings. The zero-order valence-corrected chi connectivity index (χ0v) is 20.3. The SMILES string of the molecule is C[C@H](OSI)[C@@H](Cc1ccc(F)cc1)[C@@H](COSI)Cc1ccccc1. The van der Waals surface area contributed by atoms with E-state index in [1.807, 2.05) is 18.2 Å². The second-order valence-electron chi connectivity index (χ2n) is 6.16. The van der Waals surface area contributed by atoms with Gasteiger partial charge in [-0.25, -0.2) is 4.39 Å². The first-order valence-electron chi connectivity index (χ1n) is 8.26. The molecule has 2 aromatic rings. The second-order valence-corrected chi connectivity index (χ2v) is 8.99. The zero-order chi connectivity index (χ0) is 18.8. The van der Waals surface area contributed by atoms with Crippen molar-refractivity contribution in [3.05, 3.63) is 71.5 Å². The maximum atomic E-state index is 13.3. The van der Waals surface area contributed by atoms with Crippen LogP contribution in [0.4, 0.5) is 4.39 Å². The van der Waals surface area contributed by atoms with Crippen molar-refractivity contribution in [2.45, 2.75) is 25.9 Å². The minimum absolute atomic E-state index is 0.0541. The fraction of sp³-hybridized carbons (Fsp3) is 0.368. The van der Waals surface area contributed by atoms with Gasteiger partial charge in [0.1, 0.15) is 5.82 Å². The van der Waals surface area contributed by atoms with E-state index in [0.717, 1.165) is 18.4 Å². The Bertz CT molecular complexity index is 631. The van der Waals surface area contributed by atoms with Crippen LogP contribution in [0.25, 0.3) is 0 Å². The van der Waals surface area contributed by atoms with Crippen LogP contribution in [0.2, 0.25) is 0 Å². The van der Waals surface area contributed by atoms with Crippen molar-refractivity contribution >= 4 is 60.8 Å². The molecule has 2 aromatic carbocycles. The van der Waals surface area contributed by atoms with Crippen LogP contribution in [0, 0.1) is 17.7 Å². The number of hydrogen-bond acceptors (Lipinski definition) is 4. The second kappa shape index (κ2) is 12.8. The van der Waals surface area contributed by atoms with Gasteiger partial charge in [0.25, 0.3) is 0 Å². The van der Waals surface area contributed by atoms with Gasteiger partial charge in [0.2, 0.25) is 0 Å². The third kappa shape index (κ3) is 7.83. The van der Waals surface area contributed by atoms with E-state index in [1.165, 1.54) is 36.1 Å². The average Bonchev–Trinajstić information content (AvgIpc) is 2.66. The molecule has 0 bridgehead atoms. The lowest BCUT2D eigenvalue weighted by Crippen LogP contribution is -2.32. The van der Waals surface area contributed by atoms with Crippen molar-refractivity contribution < 1.29 is 12.8 Å². The highest BCUT2D eigenvalue weighted by molar-refractivity contribution is 14.2. The molecule has 2 rings (SSSR count). The lowest BCUT2D eigenvalue weighted by molar-refractivity contribution is 0.106. The van der Waals surface area contributed by atoms with Crippen molar-refractivity contribution in [2.24, 2.45) is 11.8 Å². The Balaban J connectivity index is 2.22. The Kier molecular flexibility index (Phi) is 11.2. The van der Waals surface area contributed by atoms with Crippen LogP contribution in [-0.2, 0) is 21.2 Å². The molecule has 0 N–H and O–H groups in total.